The molecule has 4 heteroatoms. The fraction of sp³-hybridized carbons (Fsp3) is 0.0556. The number of fused-ring (bicyclic) bond motifs is 1. The number of nitrogens with zero attached hydrogens (tertiary/aromatic N) is 1. The maximum atomic E-state index is 6.04. The van der Waals surface area contributed by atoms with Gasteiger partial charge >= 0.3 is 0 Å². The van der Waals surface area contributed by atoms with Crippen molar-refractivity contribution in [3.8, 4) is 0 Å². The molecule has 3 N–H and O–H groups in total. The van der Waals surface area contributed by atoms with Gasteiger partial charge < -0.3 is 11.1 Å². The smallest absolute Gasteiger partial charge is 0.198 e. The van der Waals surface area contributed by atoms with Crippen LogP contribution in [-0.2, 0) is 0 Å². The summed E-state index contributed by atoms with van der Waals surface area (Å²) in [6, 6.07) is 20.1. The summed E-state index contributed by atoms with van der Waals surface area (Å²) in [7, 11) is 0. The average Bonchev–Trinajstić information content (AvgIpc) is 2.51. The van der Waals surface area contributed by atoms with Gasteiger partial charge in [-0.25, -0.2) is 4.99 Å². The molecule has 0 aliphatic heterocycles. The first-order valence-electron chi connectivity index (χ1n) is 6.98. The molecule has 0 aliphatic carbocycles. The number of aliphatic imine (C=N–C) groups is 1. The van der Waals surface area contributed by atoms with Crippen LogP contribution in [-0.4, -0.2) is 5.96 Å². The number of guanidine groups is 1. The second-order valence-electron chi connectivity index (χ2n) is 5.08. The molecule has 0 aromatic heterocycles. The van der Waals surface area contributed by atoms with E-state index in [1.54, 1.807) is 0 Å². The Morgan fingerprint density at radius 1 is 1.05 bits per heavy atom. The van der Waals surface area contributed by atoms with Gasteiger partial charge in [-0.05, 0) is 42.1 Å². The van der Waals surface area contributed by atoms with Crippen LogP contribution in [0, 0.1) is 6.92 Å². The van der Waals surface area contributed by atoms with Crippen molar-refractivity contribution in [3.05, 3.63) is 70.7 Å². The van der Waals surface area contributed by atoms with Gasteiger partial charge in [0.05, 0.1) is 5.69 Å². The Morgan fingerprint density at radius 3 is 2.64 bits per heavy atom. The van der Waals surface area contributed by atoms with Crippen LogP contribution in [0.15, 0.2) is 70.1 Å². The molecular formula is C18H16BrN3. The zero-order valence-corrected chi connectivity index (χ0v) is 13.8. The highest BCUT2D eigenvalue weighted by atomic mass is 79.9. The van der Waals surface area contributed by atoms with E-state index in [0.717, 1.165) is 32.2 Å². The minimum Gasteiger partial charge on any atom is -0.369 e. The number of nitrogens with two attached hydrogens (primary N) is 1. The number of anilines is 1. The molecule has 3 nitrogen and oxygen atoms in total. The summed E-state index contributed by atoms with van der Waals surface area (Å²) in [5, 5.41) is 5.36. The molecular weight excluding hydrogens is 338 g/mol. The third kappa shape index (κ3) is 3.12. The van der Waals surface area contributed by atoms with Crippen molar-refractivity contribution in [2.75, 3.05) is 5.32 Å². The van der Waals surface area contributed by atoms with Gasteiger partial charge in [0.2, 0.25) is 0 Å². The van der Waals surface area contributed by atoms with Crippen LogP contribution in [0.1, 0.15) is 5.56 Å². The molecule has 0 heterocycles. The van der Waals surface area contributed by atoms with Crippen LogP contribution in [0.3, 0.4) is 0 Å². The molecule has 0 saturated carbocycles. The monoisotopic (exact) mass is 353 g/mol. The van der Waals surface area contributed by atoms with Gasteiger partial charge in [0.1, 0.15) is 0 Å². The Morgan fingerprint density at radius 2 is 1.82 bits per heavy atom. The van der Waals surface area contributed by atoms with Crippen molar-refractivity contribution < 1.29 is 0 Å². The highest BCUT2D eigenvalue weighted by Crippen LogP contribution is 2.26. The lowest BCUT2D eigenvalue weighted by Crippen LogP contribution is -2.21. The number of nitrogens with one attached hydrogen (secondary N) is 1. The van der Waals surface area contributed by atoms with E-state index in [9.17, 15) is 0 Å². The van der Waals surface area contributed by atoms with Crippen molar-refractivity contribution in [2.24, 2.45) is 10.7 Å². The van der Waals surface area contributed by atoms with Crippen LogP contribution in [0.2, 0.25) is 0 Å². The van der Waals surface area contributed by atoms with E-state index < -0.39 is 0 Å². The van der Waals surface area contributed by atoms with Crippen LogP contribution in [0.4, 0.5) is 11.4 Å². The summed E-state index contributed by atoms with van der Waals surface area (Å²) in [6.45, 7) is 2.04. The molecule has 0 unspecified atom stereocenters. The topological polar surface area (TPSA) is 50.4 Å². The lowest BCUT2D eigenvalue weighted by atomic mass is 10.1. The lowest BCUT2D eigenvalue weighted by Gasteiger charge is -2.08. The quantitative estimate of drug-likeness (QED) is 0.504. The molecule has 0 bridgehead atoms. The fourth-order valence-electron chi connectivity index (χ4n) is 2.33. The molecule has 0 amide bonds. The fourth-order valence-corrected chi connectivity index (χ4v) is 2.58. The van der Waals surface area contributed by atoms with Gasteiger partial charge in [-0.3, -0.25) is 0 Å². The number of rotatable bonds is 2. The van der Waals surface area contributed by atoms with Gasteiger partial charge in [0, 0.05) is 15.5 Å². The third-order valence-corrected chi connectivity index (χ3v) is 4.33. The standard InChI is InChI=1S/C18H16BrN3/c1-12-11-14(9-10-16(12)19)21-18(20)22-17-8-4-6-13-5-2-3-7-15(13)17/h2-11H,1H3,(H3,20,21,22). The highest BCUT2D eigenvalue weighted by molar-refractivity contribution is 9.10. The maximum absolute atomic E-state index is 6.04. The predicted octanol–water partition coefficient (Wildman–Crippen LogP) is 4.97. The molecule has 0 fully saturated rings. The SMILES string of the molecule is Cc1cc(NC(N)=Nc2cccc3ccccc23)ccc1Br. The first-order chi connectivity index (χ1) is 10.6. The van der Waals surface area contributed by atoms with Gasteiger partial charge in [0.25, 0.3) is 0 Å². The highest BCUT2D eigenvalue weighted by Gasteiger charge is 2.02. The lowest BCUT2D eigenvalue weighted by molar-refractivity contribution is 1.41. The Balaban J connectivity index is 1.91. The van der Waals surface area contributed by atoms with E-state index >= 15 is 0 Å². The zero-order valence-electron chi connectivity index (χ0n) is 12.2. The largest absolute Gasteiger partial charge is 0.369 e. The molecule has 110 valence electrons. The first kappa shape index (κ1) is 14.6. The van der Waals surface area contributed by atoms with E-state index in [2.05, 4.69) is 38.4 Å². The van der Waals surface area contributed by atoms with E-state index in [4.69, 9.17) is 5.73 Å². The van der Waals surface area contributed by atoms with E-state index in [1.807, 2.05) is 55.5 Å². The minimum atomic E-state index is 0.373. The van der Waals surface area contributed by atoms with Gasteiger partial charge in [0.15, 0.2) is 5.96 Å². The van der Waals surface area contributed by atoms with Crippen molar-refractivity contribution in [2.45, 2.75) is 6.92 Å². The van der Waals surface area contributed by atoms with Crippen molar-refractivity contribution in [1.82, 2.24) is 0 Å². The molecule has 0 atom stereocenters. The molecule has 3 rings (SSSR count). The Hall–Kier alpha value is -2.33. The van der Waals surface area contributed by atoms with Crippen LogP contribution in [0.5, 0.6) is 0 Å². The number of hydrogen-bond donors (Lipinski definition) is 2. The molecule has 0 spiro atoms. The minimum absolute atomic E-state index is 0.373. The van der Waals surface area contributed by atoms with Gasteiger partial charge in [-0.2, -0.15) is 0 Å². The van der Waals surface area contributed by atoms with Crippen LogP contribution < -0.4 is 11.1 Å². The molecule has 3 aromatic rings. The first-order valence-corrected chi connectivity index (χ1v) is 7.78. The molecule has 0 aliphatic rings. The molecule has 22 heavy (non-hydrogen) atoms. The third-order valence-electron chi connectivity index (χ3n) is 3.44. The number of halogens is 1. The number of aryl methyl sites for hydroxylation is 1. The summed E-state index contributed by atoms with van der Waals surface area (Å²) in [5.74, 6) is 0.373. The summed E-state index contributed by atoms with van der Waals surface area (Å²) in [6.07, 6.45) is 0. The average molecular weight is 354 g/mol. The summed E-state index contributed by atoms with van der Waals surface area (Å²) < 4.78 is 1.07. The van der Waals surface area contributed by atoms with Crippen molar-refractivity contribution in [3.63, 3.8) is 0 Å². The number of hydrogen-bond acceptors (Lipinski definition) is 1. The Kier molecular flexibility index (Phi) is 4.11. The zero-order chi connectivity index (χ0) is 15.5. The molecule has 0 radical (unpaired) electrons. The Bertz CT molecular complexity index is 851. The predicted molar refractivity (Wildman–Crippen MR) is 97.7 cm³/mol. The van der Waals surface area contributed by atoms with E-state index in [-0.39, 0.29) is 0 Å². The second-order valence-corrected chi connectivity index (χ2v) is 5.94. The summed E-state index contributed by atoms with van der Waals surface area (Å²) >= 11 is 3.49. The van der Waals surface area contributed by atoms with Crippen molar-refractivity contribution >= 4 is 44.0 Å². The van der Waals surface area contributed by atoms with Crippen LogP contribution in [0.25, 0.3) is 10.8 Å². The molecule has 3 aromatic carbocycles. The number of benzene rings is 3. The van der Waals surface area contributed by atoms with Gasteiger partial charge in [-0.15, -0.1) is 0 Å². The van der Waals surface area contributed by atoms with Crippen molar-refractivity contribution in [1.29, 1.82) is 0 Å². The van der Waals surface area contributed by atoms with E-state index in [1.165, 1.54) is 0 Å². The summed E-state index contributed by atoms with van der Waals surface area (Å²) in [5.41, 5.74) is 8.96. The second kappa shape index (κ2) is 6.20. The van der Waals surface area contributed by atoms with Gasteiger partial charge in [-0.1, -0.05) is 52.3 Å². The van der Waals surface area contributed by atoms with Crippen LogP contribution >= 0.6 is 15.9 Å². The molecule has 0 saturated heterocycles. The Labute approximate surface area is 138 Å². The summed E-state index contributed by atoms with van der Waals surface area (Å²) in [4.78, 5) is 4.51. The normalized spacial score (nSPS) is 11.6. The maximum Gasteiger partial charge on any atom is 0.198 e. The van der Waals surface area contributed by atoms with E-state index in [0.29, 0.717) is 5.96 Å².